The summed E-state index contributed by atoms with van der Waals surface area (Å²) in [6.07, 6.45) is 0. The molecule has 1 heterocycles. The number of halogens is 1. The number of hydrogen-bond acceptors (Lipinski definition) is 6. The monoisotopic (exact) mass is 327 g/mol. The van der Waals surface area contributed by atoms with E-state index >= 15 is 0 Å². The Morgan fingerprint density at radius 3 is 2.86 bits per heavy atom. The molecule has 0 aliphatic rings. The van der Waals surface area contributed by atoms with Crippen LogP contribution in [0.15, 0.2) is 39.6 Å². The molecule has 0 aliphatic carbocycles. The van der Waals surface area contributed by atoms with Crippen molar-refractivity contribution in [2.75, 3.05) is 7.11 Å². The lowest BCUT2D eigenvalue weighted by atomic mass is 10.3. The van der Waals surface area contributed by atoms with Crippen molar-refractivity contribution in [2.24, 2.45) is 0 Å². The van der Waals surface area contributed by atoms with E-state index in [4.69, 9.17) is 16.0 Å². The second-order valence-electron chi connectivity index (χ2n) is 3.92. The summed E-state index contributed by atoms with van der Waals surface area (Å²) in [7, 11) is 1.26. The van der Waals surface area contributed by atoms with Gasteiger partial charge in [-0.2, -0.15) is 0 Å². The van der Waals surface area contributed by atoms with Crippen molar-refractivity contribution in [3.63, 3.8) is 0 Å². The van der Waals surface area contributed by atoms with Crippen LogP contribution in [-0.2, 0) is 10.5 Å². The van der Waals surface area contributed by atoms with Gasteiger partial charge in [0.1, 0.15) is 5.76 Å². The van der Waals surface area contributed by atoms with Gasteiger partial charge in [0, 0.05) is 11.1 Å². The first kappa shape index (κ1) is 15.4. The topological polar surface area (TPSA) is 82.6 Å². The second kappa shape index (κ2) is 6.64. The van der Waals surface area contributed by atoms with Gasteiger partial charge in [0.2, 0.25) is 5.76 Å². The first-order valence-electron chi connectivity index (χ1n) is 5.75. The van der Waals surface area contributed by atoms with E-state index < -0.39 is 10.9 Å². The summed E-state index contributed by atoms with van der Waals surface area (Å²) in [5.74, 6) is 0.395. The molecule has 0 aliphatic heterocycles. The van der Waals surface area contributed by atoms with Crippen LogP contribution < -0.4 is 0 Å². The van der Waals surface area contributed by atoms with E-state index in [0.29, 0.717) is 21.4 Å². The Morgan fingerprint density at radius 1 is 1.43 bits per heavy atom. The Kier molecular flexibility index (Phi) is 4.87. The maximum atomic E-state index is 11.3. The van der Waals surface area contributed by atoms with E-state index in [2.05, 4.69) is 4.74 Å². The molecule has 0 radical (unpaired) electrons. The Labute approximate surface area is 129 Å². The number of nitrogens with zero attached hydrogens (tertiary/aromatic N) is 1. The molecular weight excluding hydrogens is 318 g/mol. The molecule has 21 heavy (non-hydrogen) atoms. The lowest BCUT2D eigenvalue weighted by Crippen LogP contribution is -1.98. The van der Waals surface area contributed by atoms with Crippen LogP contribution in [0, 0.1) is 10.1 Å². The number of methoxy groups -OCH3 is 1. The average molecular weight is 328 g/mol. The van der Waals surface area contributed by atoms with Gasteiger partial charge in [0.25, 0.3) is 5.69 Å². The fourth-order valence-electron chi connectivity index (χ4n) is 1.57. The minimum atomic E-state index is -0.566. The number of ether oxygens (including phenoxy) is 1. The molecule has 0 unspecified atom stereocenters. The predicted molar refractivity (Wildman–Crippen MR) is 77.7 cm³/mol. The number of nitro groups is 1. The normalized spacial score (nSPS) is 10.4. The molecule has 0 fully saturated rings. The molecule has 0 N–H and O–H groups in total. The highest BCUT2D eigenvalue weighted by molar-refractivity contribution is 7.98. The summed E-state index contributed by atoms with van der Waals surface area (Å²) in [6.45, 7) is 0. The molecule has 6 nitrogen and oxygen atoms in total. The summed E-state index contributed by atoms with van der Waals surface area (Å²) >= 11 is 6.97. The third-order valence-electron chi connectivity index (χ3n) is 2.54. The number of carbonyl (C=O) groups excluding carboxylic acids is 1. The maximum absolute atomic E-state index is 11.3. The summed E-state index contributed by atoms with van der Waals surface area (Å²) < 4.78 is 9.82. The van der Waals surface area contributed by atoms with E-state index in [0.717, 1.165) is 0 Å². The van der Waals surface area contributed by atoms with Gasteiger partial charge >= 0.3 is 5.97 Å². The van der Waals surface area contributed by atoms with Crippen LogP contribution in [0.3, 0.4) is 0 Å². The van der Waals surface area contributed by atoms with Gasteiger partial charge in [0.05, 0.1) is 22.7 Å². The van der Waals surface area contributed by atoms with Crippen molar-refractivity contribution in [3.05, 3.63) is 57.0 Å². The lowest BCUT2D eigenvalue weighted by Gasteiger charge is -2.02. The quantitative estimate of drug-likeness (QED) is 0.358. The number of furan rings is 1. The van der Waals surface area contributed by atoms with Crippen LogP contribution in [0.5, 0.6) is 0 Å². The molecule has 8 heteroatoms. The van der Waals surface area contributed by atoms with Crippen molar-refractivity contribution in [2.45, 2.75) is 10.6 Å². The Morgan fingerprint density at radius 2 is 2.19 bits per heavy atom. The minimum Gasteiger partial charge on any atom is -0.463 e. The molecule has 0 spiro atoms. The Bertz CT molecular complexity index is 685. The Balaban J connectivity index is 2.11. The van der Waals surface area contributed by atoms with Gasteiger partial charge < -0.3 is 9.15 Å². The summed E-state index contributed by atoms with van der Waals surface area (Å²) in [5, 5.41) is 11.3. The van der Waals surface area contributed by atoms with Gasteiger partial charge in [-0.05, 0) is 24.3 Å². The zero-order valence-electron chi connectivity index (χ0n) is 10.9. The standard InChI is InChI=1S/C13H10ClNO5S/c1-19-13(16)11-4-3-9(20-11)7-21-12-5-2-8(14)6-10(12)15(17)18/h2-6H,7H2,1H3. The number of rotatable bonds is 5. The number of nitro benzene ring substituents is 1. The van der Waals surface area contributed by atoms with Crippen LogP contribution in [0.2, 0.25) is 5.02 Å². The van der Waals surface area contributed by atoms with Gasteiger partial charge in [-0.1, -0.05) is 11.6 Å². The number of hydrogen-bond donors (Lipinski definition) is 0. The van der Waals surface area contributed by atoms with Crippen LogP contribution in [-0.4, -0.2) is 18.0 Å². The molecule has 1 aromatic carbocycles. The van der Waals surface area contributed by atoms with Crippen molar-refractivity contribution >= 4 is 35.0 Å². The summed E-state index contributed by atoms with van der Waals surface area (Å²) in [4.78, 5) is 22.2. The van der Waals surface area contributed by atoms with E-state index in [1.807, 2.05) is 0 Å². The smallest absolute Gasteiger partial charge is 0.373 e. The first-order chi connectivity index (χ1) is 10.0. The van der Waals surface area contributed by atoms with E-state index in [-0.39, 0.29) is 11.4 Å². The van der Waals surface area contributed by atoms with E-state index in [9.17, 15) is 14.9 Å². The van der Waals surface area contributed by atoms with Gasteiger partial charge in [-0.25, -0.2) is 4.79 Å². The maximum Gasteiger partial charge on any atom is 0.373 e. The van der Waals surface area contributed by atoms with E-state index in [1.54, 1.807) is 18.2 Å². The number of benzene rings is 1. The third-order valence-corrected chi connectivity index (χ3v) is 3.86. The summed E-state index contributed by atoms with van der Waals surface area (Å²) in [5.41, 5.74) is -0.0627. The van der Waals surface area contributed by atoms with Gasteiger partial charge in [-0.3, -0.25) is 10.1 Å². The molecule has 0 bridgehead atoms. The zero-order valence-corrected chi connectivity index (χ0v) is 12.4. The largest absolute Gasteiger partial charge is 0.463 e. The van der Waals surface area contributed by atoms with Crippen molar-refractivity contribution in [3.8, 4) is 0 Å². The predicted octanol–water partition coefficient (Wildman–Crippen LogP) is 3.92. The van der Waals surface area contributed by atoms with Crippen LogP contribution in [0.4, 0.5) is 5.69 Å². The summed E-state index contributed by atoms with van der Waals surface area (Å²) in [6, 6.07) is 7.58. The van der Waals surface area contributed by atoms with Crippen molar-refractivity contribution in [1.82, 2.24) is 0 Å². The fraction of sp³-hybridized carbons (Fsp3) is 0.154. The fourth-order valence-corrected chi connectivity index (χ4v) is 2.63. The molecule has 2 aromatic rings. The zero-order chi connectivity index (χ0) is 15.4. The van der Waals surface area contributed by atoms with Crippen molar-refractivity contribution < 1.29 is 18.9 Å². The highest BCUT2D eigenvalue weighted by Gasteiger charge is 2.16. The lowest BCUT2D eigenvalue weighted by molar-refractivity contribution is -0.387. The SMILES string of the molecule is COC(=O)c1ccc(CSc2ccc(Cl)cc2[N+](=O)[O-])o1. The molecule has 110 valence electrons. The van der Waals surface area contributed by atoms with Crippen LogP contribution in [0.1, 0.15) is 16.3 Å². The molecule has 0 atom stereocenters. The van der Waals surface area contributed by atoms with Gasteiger partial charge in [-0.15, -0.1) is 11.8 Å². The van der Waals surface area contributed by atoms with Crippen molar-refractivity contribution in [1.29, 1.82) is 0 Å². The molecule has 0 amide bonds. The molecular formula is C13H10ClNO5S. The third kappa shape index (κ3) is 3.77. The molecule has 0 saturated carbocycles. The minimum absolute atomic E-state index is 0.0627. The molecule has 0 saturated heterocycles. The number of carbonyl (C=O) groups is 1. The van der Waals surface area contributed by atoms with Gasteiger partial charge in [0.15, 0.2) is 0 Å². The van der Waals surface area contributed by atoms with Crippen LogP contribution in [0.25, 0.3) is 0 Å². The average Bonchev–Trinajstić information content (AvgIpc) is 2.93. The first-order valence-corrected chi connectivity index (χ1v) is 7.11. The van der Waals surface area contributed by atoms with E-state index in [1.165, 1.54) is 31.0 Å². The number of esters is 1. The number of thioether (sulfide) groups is 1. The molecule has 1 aromatic heterocycles. The second-order valence-corrected chi connectivity index (χ2v) is 5.37. The molecule has 2 rings (SSSR count). The Hall–Kier alpha value is -1.99. The van der Waals surface area contributed by atoms with Crippen LogP contribution >= 0.6 is 23.4 Å². The highest BCUT2D eigenvalue weighted by atomic mass is 35.5. The highest BCUT2D eigenvalue weighted by Crippen LogP contribution is 2.33.